The van der Waals surface area contributed by atoms with Gasteiger partial charge in [-0.1, -0.05) is 27.2 Å². The third-order valence-electron chi connectivity index (χ3n) is 3.37. The van der Waals surface area contributed by atoms with Gasteiger partial charge in [-0.15, -0.1) is 0 Å². The maximum atomic E-state index is 9.47. The molecule has 3 atom stereocenters. The predicted molar refractivity (Wildman–Crippen MR) is 62.0 cm³/mol. The van der Waals surface area contributed by atoms with Gasteiger partial charge in [0.2, 0.25) is 5.39 Å². The number of aliphatic hydroxyl groups excluding tert-OH is 1. The van der Waals surface area contributed by atoms with E-state index in [1.54, 1.807) is 0 Å². The van der Waals surface area contributed by atoms with E-state index in [1.807, 2.05) is 0 Å². The molecule has 1 saturated carbocycles. The molecule has 0 bridgehead atoms. The van der Waals surface area contributed by atoms with Crippen molar-refractivity contribution in [1.29, 1.82) is 5.39 Å². The molecular formula is C12H21N2O2+. The minimum Gasteiger partial charge on any atom is -0.476 e. The summed E-state index contributed by atoms with van der Waals surface area (Å²) < 4.78 is 12.5. The molecule has 0 aromatic rings. The average molecular weight is 226 g/mol. The molecule has 1 aliphatic rings. The normalized spacial score (nSPS) is 32.7. The highest BCUT2D eigenvalue weighted by molar-refractivity contribution is 4.91. The van der Waals surface area contributed by atoms with Crippen molar-refractivity contribution in [3.05, 3.63) is 17.1 Å². The maximum absolute atomic E-state index is 9.47. The van der Waals surface area contributed by atoms with Crippen LogP contribution in [0.3, 0.4) is 0 Å². The summed E-state index contributed by atoms with van der Waals surface area (Å²) in [6.07, 6.45) is 2.39. The topological polar surface area (TPSA) is 57.6 Å². The highest BCUT2D eigenvalue weighted by Crippen LogP contribution is 2.35. The largest absolute Gasteiger partial charge is 0.476 e. The fourth-order valence-corrected chi connectivity index (χ4v) is 2.46. The number of hydrogen-bond donors (Lipinski definition) is 1. The molecule has 0 aromatic heterocycles. The molecule has 90 valence electrons. The van der Waals surface area contributed by atoms with Crippen LogP contribution in [0.5, 0.6) is 0 Å². The van der Waals surface area contributed by atoms with Crippen LogP contribution in [-0.2, 0) is 4.74 Å². The molecule has 0 aliphatic heterocycles. The Hall–Kier alpha value is -1.24. The zero-order valence-electron chi connectivity index (χ0n) is 11.2. The molecule has 1 rings (SSSR count). The summed E-state index contributed by atoms with van der Waals surface area (Å²) in [6.45, 7) is 6.43. The Morgan fingerprint density at radius 2 is 2.31 bits per heavy atom. The number of rotatable bonds is 3. The van der Waals surface area contributed by atoms with Crippen LogP contribution in [-0.4, -0.2) is 11.2 Å². The molecule has 0 heterocycles. The van der Waals surface area contributed by atoms with E-state index in [4.69, 9.17) is 11.5 Å². The van der Waals surface area contributed by atoms with Gasteiger partial charge in [0.15, 0.2) is 6.35 Å². The van der Waals surface area contributed by atoms with Crippen LogP contribution < -0.4 is 0 Å². The molecule has 0 saturated heterocycles. The molecule has 0 spiro atoms. The Kier molecular flexibility index (Phi) is 4.03. The van der Waals surface area contributed by atoms with Crippen LogP contribution in [0.15, 0.2) is 12.1 Å². The van der Waals surface area contributed by atoms with Crippen molar-refractivity contribution in [1.82, 2.24) is 0 Å². The zero-order chi connectivity index (χ0) is 13.0. The van der Waals surface area contributed by atoms with E-state index in [-0.39, 0.29) is 6.10 Å². The van der Waals surface area contributed by atoms with Crippen molar-refractivity contribution in [2.45, 2.75) is 46.1 Å². The summed E-state index contributed by atoms with van der Waals surface area (Å²) in [4.78, 5) is 2.61. The minimum atomic E-state index is -0.620. The monoisotopic (exact) mass is 226 g/mol. The van der Waals surface area contributed by atoms with Gasteiger partial charge in [-0.2, -0.15) is 0 Å². The first-order chi connectivity index (χ1) is 7.95. The van der Waals surface area contributed by atoms with Gasteiger partial charge in [-0.3, -0.25) is 0 Å². The smallest absolute Gasteiger partial charge is 0.429 e. The number of diazo groups is 1. The molecule has 0 aromatic carbocycles. The first-order valence-electron chi connectivity index (χ1n) is 6.37. The van der Waals surface area contributed by atoms with Gasteiger partial charge in [0.05, 0.1) is 0 Å². The van der Waals surface area contributed by atoms with E-state index in [9.17, 15) is 5.11 Å². The summed E-state index contributed by atoms with van der Waals surface area (Å²) in [6, 6.07) is 0. The van der Waals surface area contributed by atoms with E-state index in [0.29, 0.717) is 17.8 Å². The molecule has 1 N–H and O–H groups in total. The number of aliphatic hydroxyl groups is 1. The summed E-state index contributed by atoms with van der Waals surface area (Å²) in [5, 5.41) is 17.9. The van der Waals surface area contributed by atoms with Crippen LogP contribution >= 0.6 is 0 Å². The van der Waals surface area contributed by atoms with Crippen LogP contribution in [0.25, 0.3) is 4.98 Å². The first kappa shape index (κ1) is 11.3. The Morgan fingerprint density at radius 1 is 1.62 bits per heavy atom. The van der Waals surface area contributed by atoms with Crippen LogP contribution in [0.1, 0.15) is 41.4 Å². The number of nitrogens with zero attached hydrogens (tertiary/aromatic N) is 2. The molecule has 1 fully saturated rings. The lowest BCUT2D eigenvalue weighted by atomic mass is 9.75. The van der Waals surface area contributed by atoms with Crippen molar-refractivity contribution in [3.63, 3.8) is 0 Å². The Morgan fingerprint density at radius 3 is 2.88 bits per heavy atom. The van der Waals surface area contributed by atoms with Gasteiger partial charge in [0.25, 0.3) is 0 Å². The maximum Gasteiger partial charge on any atom is 0.429 e. The Labute approximate surface area is 98.3 Å². The average Bonchev–Trinajstić information content (AvgIpc) is 2.27. The highest BCUT2D eigenvalue weighted by atomic mass is 16.6. The van der Waals surface area contributed by atoms with Crippen molar-refractivity contribution in [2.75, 3.05) is 0 Å². The van der Waals surface area contributed by atoms with Gasteiger partial charge < -0.3 is 9.84 Å². The summed E-state index contributed by atoms with van der Waals surface area (Å²) in [7, 11) is 0. The molecule has 4 nitrogen and oxygen atoms in total. The molecule has 0 amide bonds. The van der Waals surface area contributed by atoms with E-state index in [1.165, 1.54) is 6.42 Å². The standard InChI is InChI=1S/C12H20N2O2/c1-8(2)10-5-4-9(3)6-11(10)16-12(15)7-14-13/h7-11H,4-6H2,1-3H3/p+1/b12-7+/t9-,10+,11-/m1/s1/i7D. The Balaban J connectivity index is 2.74. The first-order valence-corrected chi connectivity index (χ1v) is 5.87. The van der Waals surface area contributed by atoms with E-state index < -0.39 is 12.1 Å². The lowest BCUT2D eigenvalue weighted by Gasteiger charge is -2.36. The van der Waals surface area contributed by atoms with Crippen molar-refractivity contribution in [2.24, 2.45) is 17.8 Å². The van der Waals surface area contributed by atoms with Crippen LogP contribution in [0.2, 0.25) is 0 Å². The molecule has 1 aliphatic carbocycles. The second-order valence-corrected chi connectivity index (χ2v) is 5.00. The van der Waals surface area contributed by atoms with Crippen molar-refractivity contribution < 1.29 is 11.2 Å². The van der Waals surface area contributed by atoms with Crippen LogP contribution in [0, 0.1) is 23.1 Å². The van der Waals surface area contributed by atoms with Crippen LogP contribution in [0.4, 0.5) is 0 Å². The van der Waals surface area contributed by atoms with Crippen molar-refractivity contribution in [3.8, 4) is 0 Å². The summed E-state index contributed by atoms with van der Waals surface area (Å²) in [5.74, 6) is 0.820. The quantitative estimate of drug-likeness (QED) is 0.590. The number of ether oxygens (including phenoxy) is 1. The molecule has 0 radical (unpaired) electrons. The molecule has 4 heteroatoms. The predicted octanol–water partition coefficient (Wildman–Crippen LogP) is 3.67. The third kappa shape index (κ3) is 3.41. The van der Waals surface area contributed by atoms with Gasteiger partial charge >= 0.3 is 12.1 Å². The van der Waals surface area contributed by atoms with Gasteiger partial charge in [0, 0.05) is 0 Å². The second kappa shape index (κ2) is 5.74. The lowest BCUT2D eigenvalue weighted by Crippen LogP contribution is -2.34. The minimum absolute atomic E-state index is 0.0964. The zero-order valence-corrected chi connectivity index (χ0v) is 10.2. The Bertz CT molecular complexity index is 336. The second-order valence-electron chi connectivity index (χ2n) is 5.00. The molecule has 16 heavy (non-hydrogen) atoms. The summed E-state index contributed by atoms with van der Waals surface area (Å²) >= 11 is 0. The molecule has 0 unspecified atom stereocenters. The van der Waals surface area contributed by atoms with E-state index in [0.717, 1.165) is 12.8 Å². The lowest BCUT2D eigenvalue weighted by molar-refractivity contribution is -0.0438. The van der Waals surface area contributed by atoms with E-state index in [2.05, 4.69) is 25.7 Å². The third-order valence-corrected chi connectivity index (χ3v) is 3.37. The van der Waals surface area contributed by atoms with Gasteiger partial charge in [-0.05, 0) is 30.6 Å². The van der Waals surface area contributed by atoms with Gasteiger partial charge in [0.1, 0.15) is 6.10 Å². The van der Waals surface area contributed by atoms with Crippen molar-refractivity contribution >= 4 is 0 Å². The number of hydrogen-bond acceptors (Lipinski definition) is 3. The fraction of sp³-hybridized carbons (Fsp3) is 0.833. The summed E-state index contributed by atoms with van der Waals surface area (Å²) in [5.41, 5.74) is 0. The molecular weight excluding hydrogens is 204 g/mol. The fourth-order valence-electron chi connectivity index (χ4n) is 2.46. The highest BCUT2D eigenvalue weighted by Gasteiger charge is 2.33. The SMILES string of the molecule is [2H]/C([N+]#N)=C(/O)O[C@@H]1C[C@H](C)CC[C@H]1C(C)C. The van der Waals surface area contributed by atoms with E-state index >= 15 is 0 Å². The van der Waals surface area contributed by atoms with Gasteiger partial charge in [-0.25, -0.2) is 0 Å².